The molecule has 31 heavy (non-hydrogen) atoms. The van der Waals surface area contributed by atoms with Crippen LogP contribution in [-0.2, 0) is 0 Å². The molecule has 11 heteroatoms. The lowest BCUT2D eigenvalue weighted by Crippen LogP contribution is -2.05. The van der Waals surface area contributed by atoms with Crippen molar-refractivity contribution in [2.45, 2.75) is 13.5 Å². The average Bonchev–Trinajstić information content (AvgIpc) is 3.09. The first-order valence-corrected chi connectivity index (χ1v) is 8.91. The number of hydrogen-bond acceptors (Lipinski definition) is 8. The number of oxazole rings is 1. The summed E-state index contributed by atoms with van der Waals surface area (Å²) in [4.78, 5) is 22.5. The molecule has 0 saturated heterocycles. The Balaban J connectivity index is 1.59. The van der Waals surface area contributed by atoms with Crippen LogP contribution in [0.2, 0.25) is 0 Å². The molecular formula is C20H14F2N6O3. The van der Waals surface area contributed by atoms with Crippen molar-refractivity contribution in [2.24, 2.45) is 0 Å². The fraction of sp³-hybridized carbons (Fsp3) is 0.100. The third kappa shape index (κ3) is 4.43. The van der Waals surface area contributed by atoms with Crippen molar-refractivity contribution < 1.29 is 17.9 Å². The molecule has 0 unspecified atom stereocenters. The quantitative estimate of drug-likeness (QED) is 0.420. The Kier molecular flexibility index (Phi) is 5.19. The number of fused-ring (bicyclic) bond motifs is 1. The second kappa shape index (κ2) is 8.11. The van der Waals surface area contributed by atoms with Crippen LogP contribution in [0.1, 0.15) is 11.1 Å². The van der Waals surface area contributed by atoms with Crippen LogP contribution in [0.3, 0.4) is 0 Å². The molecule has 0 aliphatic rings. The minimum Gasteiger partial charge on any atom is -0.433 e. The highest BCUT2D eigenvalue weighted by Crippen LogP contribution is 2.27. The van der Waals surface area contributed by atoms with Gasteiger partial charge in [-0.15, -0.1) is 0 Å². The molecule has 0 fully saturated rings. The van der Waals surface area contributed by atoms with Crippen molar-refractivity contribution in [3.63, 3.8) is 0 Å². The highest BCUT2D eigenvalue weighted by Gasteiger charge is 2.12. The Morgan fingerprint density at radius 1 is 1.19 bits per heavy atom. The predicted octanol–water partition coefficient (Wildman–Crippen LogP) is 4.18. The van der Waals surface area contributed by atoms with E-state index >= 15 is 0 Å². The van der Waals surface area contributed by atoms with Crippen LogP contribution >= 0.6 is 0 Å². The summed E-state index contributed by atoms with van der Waals surface area (Å²) in [7, 11) is 0. The molecule has 4 aromatic rings. The van der Waals surface area contributed by atoms with Gasteiger partial charge in [0.25, 0.3) is 0 Å². The highest BCUT2D eigenvalue weighted by molar-refractivity contribution is 5.78. The molecule has 2 aromatic heterocycles. The van der Waals surface area contributed by atoms with Gasteiger partial charge >= 0.3 is 12.4 Å². The molecule has 0 bridgehead atoms. The number of alkyl halides is 2. The Labute approximate surface area is 173 Å². The summed E-state index contributed by atoms with van der Waals surface area (Å²) in [6.45, 7) is -1.25. The first kappa shape index (κ1) is 19.8. The van der Waals surface area contributed by atoms with Crippen LogP contribution in [0.15, 0.2) is 51.8 Å². The lowest BCUT2D eigenvalue weighted by atomic mass is 10.2. The lowest BCUT2D eigenvalue weighted by molar-refractivity contribution is -0.0499. The number of anilines is 4. The lowest BCUT2D eigenvalue weighted by Gasteiger charge is -2.12. The first-order valence-electron chi connectivity index (χ1n) is 8.91. The van der Waals surface area contributed by atoms with Crippen molar-refractivity contribution in [3.05, 3.63) is 64.3 Å². The van der Waals surface area contributed by atoms with Gasteiger partial charge in [0.1, 0.15) is 17.6 Å². The topological polar surface area (TPSA) is 129 Å². The van der Waals surface area contributed by atoms with E-state index in [2.05, 4.69) is 30.3 Å². The van der Waals surface area contributed by atoms with Gasteiger partial charge in [0.2, 0.25) is 5.95 Å². The molecule has 3 N–H and O–H groups in total. The summed E-state index contributed by atoms with van der Waals surface area (Å²) >= 11 is 0. The molecule has 9 nitrogen and oxygen atoms in total. The maximum atomic E-state index is 12.6. The molecule has 0 saturated carbocycles. The molecule has 2 heterocycles. The molecule has 156 valence electrons. The van der Waals surface area contributed by atoms with Crippen LogP contribution in [-0.4, -0.2) is 21.6 Å². The number of nitrogens with one attached hydrogen (secondary N) is 3. The minimum absolute atomic E-state index is 0.0225. The van der Waals surface area contributed by atoms with E-state index in [9.17, 15) is 13.6 Å². The minimum atomic E-state index is -3.06. The summed E-state index contributed by atoms with van der Waals surface area (Å²) in [5, 5.41) is 15.1. The van der Waals surface area contributed by atoms with Gasteiger partial charge in [-0.05, 0) is 37.3 Å². The molecule has 4 rings (SSSR count). The number of nitriles is 1. The molecule has 0 aliphatic heterocycles. The fourth-order valence-corrected chi connectivity index (χ4v) is 2.81. The zero-order valence-electron chi connectivity index (χ0n) is 15.9. The Hall–Kier alpha value is -4.46. The second-order valence-electron chi connectivity index (χ2n) is 6.40. The van der Waals surface area contributed by atoms with Crippen molar-refractivity contribution in [2.75, 3.05) is 10.6 Å². The summed E-state index contributed by atoms with van der Waals surface area (Å²) in [6, 6.07) is 11.0. The third-order valence-electron chi connectivity index (χ3n) is 4.23. The van der Waals surface area contributed by atoms with Gasteiger partial charge in [0, 0.05) is 29.2 Å². The van der Waals surface area contributed by atoms with Gasteiger partial charge in [-0.3, -0.25) is 4.98 Å². The molecule has 0 aliphatic carbocycles. The molecule has 2 aromatic carbocycles. The van der Waals surface area contributed by atoms with E-state index in [1.54, 1.807) is 37.4 Å². The highest BCUT2D eigenvalue weighted by atomic mass is 19.3. The Bertz CT molecular complexity index is 1360. The Morgan fingerprint density at radius 2 is 1.97 bits per heavy atom. The monoisotopic (exact) mass is 424 g/mol. The normalized spacial score (nSPS) is 10.8. The largest absolute Gasteiger partial charge is 0.433 e. The maximum absolute atomic E-state index is 12.6. The standard InChI is InChI=1S/C20H14F2N6O3/c1-10-9-24-19(26-13-3-2-11(8-23)16(7-13)30-18(21)22)28-17(10)25-12-4-5-15-14(6-12)27-20(29)31-15/h2-7,9,18H,1H3,(H,27,29)(H2,24,25,26,28). The van der Waals surface area contributed by atoms with E-state index in [-0.39, 0.29) is 17.3 Å². The van der Waals surface area contributed by atoms with Gasteiger partial charge in [-0.1, -0.05) is 0 Å². The van der Waals surface area contributed by atoms with Crippen LogP contribution < -0.4 is 21.1 Å². The van der Waals surface area contributed by atoms with Crippen LogP contribution in [0.5, 0.6) is 5.75 Å². The number of aromatic nitrogens is 3. The smallest absolute Gasteiger partial charge is 0.417 e. The van der Waals surface area contributed by atoms with E-state index < -0.39 is 12.4 Å². The van der Waals surface area contributed by atoms with Crippen LogP contribution in [0.4, 0.5) is 31.9 Å². The van der Waals surface area contributed by atoms with Crippen molar-refractivity contribution in [3.8, 4) is 11.8 Å². The zero-order chi connectivity index (χ0) is 22.0. The second-order valence-corrected chi connectivity index (χ2v) is 6.40. The summed E-state index contributed by atoms with van der Waals surface area (Å²) in [6.07, 6.45) is 1.58. The molecule has 0 radical (unpaired) electrons. The first-order chi connectivity index (χ1) is 14.9. The number of ether oxygens (including phenoxy) is 1. The molecular weight excluding hydrogens is 410 g/mol. The molecule has 0 spiro atoms. The summed E-state index contributed by atoms with van der Waals surface area (Å²) in [5.74, 6) is -0.121. The van der Waals surface area contributed by atoms with Crippen LogP contribution in [0, 0.1) is 18.3 Å². The van der Waals surface area contributed by atoms with E-state index in [1.165, 1.54) is 18.2 Å². The van der Waals surface area contributed by atoms with Crippen molar-refractivity contribution >= 4 is 34.2 Å². The van der Waals surface area contributed by atoms with Crippen LogP contribution in [0.25, 0.3) is 11.1 Å². The molecule has 0 amide bonds. The van der Waals surface area contributed by atoms with Gasteiger partial charge in [-0.2, -0.15) is 19.0 Å². The van der Waals surface area contributed by atoms with E-state index in [1.807, 2.05) is 0 Å². The molecule has 0 atom stereocenters. The number of aromatic amines is 1. The van der Waals surface area contributed by atoms with Crippen molar-refractivity contribution in [1.82, 2.24) is 15.0 Å². The van der Waals surface area contributed by atoms with E-state index in [0.717, 1.165) is 5.56 Å². The number of H-pyrrole nitrogens is 1. The average molecular weight is 424 g/mol. The zero-order valence-corrected chi connectivity index (χ0v) is 15.9. The van der Waals surface area contributed by atoms with E-state index in [0.29, 0.717) is 28.3 Å². The predicted molar refractivity (Wildman–Crippen MR) is 108 cm³/mol. The van der Waals surface area contributed by atoms with Crippen molar-refractivity contribution in [1.29, 1.82) is 5.26 Å². The number of nitrogens with zero attached hydrogens (tertiary/aromatic N) is 3. The number of aryl methyl sites for hydroxylation is 1. The number of rotatable bonds is 6. The number of hydrogen-bond donors (Lipinski definition) is 3. The maximum Gasteiger partial charge on any atom is 0.417 e. The number of halogens is 2. The summed E-state index contributed by atoms with van der Waals surface area (Å²) < 4.78 is 34.5. The fourth-order valence-electron chi connectivity index (χ4n) is 2.81. The Morgan fingerprint density at radius 3 is 2.74 bits per heavy atom. The van der Waals surface area contributed by atoms with Gasteiger partial charge < -0.3 is 19.8 Å². The summed E-state index contributed by atoms with van der Waals surface area (Å²) in [5.41, 5.74) is 2.70. The third-order valence-corrected chi connectivity index (χ3v) is 4.23. The van der Waals surface area contributed by atoms with Gasteiger partial charge in [0.05, 0.1) is 11.1 Å². The number of benzene rings is 2. The SMILES string of the molecule is Cc1cnc(Nc2ccc(C#N)c(OC(F)F)c2)nc1Nc1ccc2oc(=O)[nH]c2c1. The van der Waals surface area contributed by atoms with Gasteiger partial charge in [0.15, 0.2) is 5.58 Å². The van der Waals surface area contributed by atoms with E-state index in [4.69, 9.17) is 9.68 Å². The van der Waals surface area contributed by atoms with Gasteiger partial charge in [-0.25, -0.2) is 9.78 Å².